The SMILES string of the molecule is O=C(NC1CCC(Oc2ncc(F)cn2)CC1)[C@H]1CC=CCC1. The van der Waals surface area contributed by atoms with E-state index in [1.807, 2.05) is 0 Å². The van der Waals surface area contributed by atoms with Gasteiger partial charge in [0.1, 0.15) is 6.10 Å². The number of carbonyl (C=O) groups is 1. The lowest BCUT2D eigenvalue weighted by Crippen LogP contribution is -2.42. The summed E-state index contributed by atoms with van der Waals surface area (Å²) >= 11 is 0. The van der Waals surface area contributed by atoms with Gasteiger partial charge in [-0.2, -0.15) is 0 Å². The van der Waals surface area contributed by atoms with Gasteiger partial charge in [-0.3, -0.25) is 4.79 Å². The van der Waals surface area contributed by atoms with Gasteiger partial charge in [0, 0.05) is 12.0 Å². The first-order valence-corrected chi connectivity index (χ1v) is 8.30. The quantitative estimate of drug-likeness (QED) is 0.867. The fourth-order valence-electron chi connectivity index (χ4n) is 3.19. The molecule has 124 valence electrons. The molecule has 2 aliphatic rings. The number of nitrogens with one attached hydrogen (secondary N) is 1. The lowest BCUT2D eigenvalue weighted by Gasteiger charge is -2.30. The average molecular weight is 319 g/mol. The summed E-state index contributed by atoms with van der Waals surface area (Å²) in [5, 5.41) is 3.17. The number of carbonyl (C=O) groups excluding carboxylic acids is 1. The maximum Gasteiger partial charge on any atom is 0.316 e. The van der Waals surface area contributed by atoms with Crippen molar-refractivity contribution in [1.29, 1.82) is 0 Å². The molecule has 1 aromatic rings. The van der Waals surface area contributed by atoms with Crippen LogP contribution in [0.1, 0.15) is 44.9 Å². The van der Waals surface area contributed by atoms with E-state index in [9.17, 15) is 9.18 Å². The molecule has 5 nitrogen and oxygen atoms in total. The summed E-state index contributed by atoms with van der Waals surface area (Å²) in [7, 11) is 0. The van der Waals surface area contributed by atoms with Crippen LogP contribution in [-0.4, -0.2) is 28.0 Å². The minimum atomic E-state index is -0.471. The Hall–Kier alpha value is -1.98. The summed E-state index contributed by atoms with van der Waals surface area (Å²) in [5.41, 5.74) is 0. The van der Waals surface area contributed by atoms with E-state index in [1.165, 1.54) is 0 Å². The summed E-state index contributed by atoms with van der Waals surface area (Å²) in [6, 6.07) is 0.440. The molecule has 3 rings (SSSR count). The van der Waals surface area contributed by atoms with Crippen molar-refractivity contribution in [3.8, 4) is 6.01 Å². The fraction of sp³-hybridized carbons (Fsp3) is 0.588. The average Bonchev–Trinajstić information content (AvgIpc) is 2.59. The second-order valence-electron chi connectivity index (χ2n) is 6.27. The summed E-state index contributed by atoms with van der Waals surface area (Å²) < 4.78 is 18.4. The van der Waals surface area contributed by atoms with E-state index in [4.69, 9.17) is 4.74 Å². The largest absolute Gasteiger partial charge is 0.460 e. The van der Waals surface area contributed by atoms with Crippen molar-refractivity contribution in [2.45, 2.75) is 57.1 Å². The Labute approximate surface area is 135 Å². The number of rotatable bonds is 4. The maximum atomic E-state index is 12.8. The third-order valence-electron chi connectivity index (χ3n) is 4.53. The van der Waals surface area contributed by atoms with Crippen LogP contribution in [0.5, 0.6) is 6.01 Å². The van der Waals surface area contributed by atoms with Gasteiger partial charge in [-0.15, -0.1) is 0 Å². The van der Waals surface area contributed by atoms with Crippen molar-refractivity contribution < 1.29 is 13.9 Å². The van der Waals surface area contributed by atoms with E-state index in [2.05, 4.69) is 27.4 Å². The molecule has 0 spiro atoms. The molecule has 2 aliphatic carbocycles. The van der Waals surface area contributed by atoms with Gasteiger partial charge < -0.3 is 10.1 Å². The number of hydrogen-bond donors (Lipinski definition) is 1. The fourth-order valence-corrected chi connectivity index (χ4v) is 3.19. The lowest BCUT2D eigenvalue weighted by molar-refractivity contribution is -0.126. The highest BCUT2D eigenvalue weighted by atomic mass is 19.1. The normalized spacial score (nSPS) is 27.4. The molecule has 0 unspecified atom stereocenters. The van der Waals surface area contributed by atoms with Gasteiger partial charge in [-0.1, -0.05) is 12.2 Å². The molecule has 0 bridgehead atoms. The molecule has 1 saturated carbocycles. The van der Waals surface area contributed by atoms with Crippen molar-refractivity contribution in [2.75, 3.05) is 0 Å². The second-order valence-corrected chi connectivity index (χ2v) is 6.27. The molecule has 1 N–H and O–H groups in total. The molecule has 1 fully saturated rings. The zero-order valence-corrected chi connectivity index (χ0v) is 13.1. The van der Waals surface area contributed by atoms with Gasteiger partial charge in [-0.05, 0) is 44.9 Å². The summed E-state index contributed by atoms with van der Waals surface area (Å²) in [5.74, 6) is -0.163. The van der Waals surface area contributed by atoms with Crippen LogP contribution >= 0.6 is 0 Å². The highest BCUT2D eigenvalue weighted by Crippen LogP contribution is 2.24. The number of amides is 1. The number of ether oxygens (including phenoxy) is 1. The van der Waals surface area contributed by atoms with E-state index in [-0.39, 0.29) is 30.0 Å². The molecule has 0 aliphatic heterocycles. The van der Waals surface area contributed by atoms with Gasteiger partial charge in [-0.25, -0.2) is 14.4 Å². The third-order valence-corrected chi connectivity index (χ3v) is 4.53. The topological polar surface area (TPSA) is 64.1 Å². The van der Waals surface area contributed by atoms with E-state index in [0.717, 1.165) is 57.3 Å². The standard InChI is InChI=1S/C17H22FN3O2/c18-13-10-19-17(20-11-13)23-15-8-6-14(7-9-15)21-16(22)12-4-2-1-3-5-12/h1-2,10-12,14-15H,3-9H2,(H,21,22)/t12-,14?,15?/m0/s1. The van der Waals surface area contributed by atoms with Crippen LogP contribution < -0.4 is 10.1 Å². The first-order chi connectivity index (χ1) is 11.2. The van der Waals surface area contributed by atoms with Crippen LogP contribution in [0.25, 0.3) is 0 Å². The van der Waals surface area contributed by atoms with Crippen LogP contribution in [0.15, 0.2) is 24.5 Å². The van der Waals surface area contributed by atoms with Gasteiger partial charge in [0.15, 0.2) is 5.82 Å². The molecule has 1 aromatic heterocycles. The monoisotopic (exact) mass is 319 g/mol. The predicted molar refractivity (Wildman–Crippen MR) is 83.3 cm³/mol. The number of allylic oxidation sites excluding steroid dienone is 2. The minimum absolute atomic E-state index is 0.0335. The smallest absolute Gasteiger partial charge is 0.316 e. The van der Waals surface area contributed by atoms with Crippen LogP contribution in [0.3, 0.4) is 0 Å². The number of halogens is 1. The molecule has 23 heavy (non-hydrogen) atoms. The van der Waals surface area contributed by atoms with E-state index < -0.39 is 5.82 Å². The Kier molecular flexibility index (Phi) is 5.20. The van der Waals surface area contributed by atoms with Crippen molar-refractivity contribution in [2.24, 2.45) is 5.92 Å². The Morgan fingerprint density at radius 3 is 2.52 bits per heavy atom. The number of aromatic nitrogens is 2. The van der Waals surface area contributed by atoms with Gasteiger partial charge >= 0.3 is 6.01 Å². The zero-order valence-electron chi connectivity index (χ0n) is 13.1. The minimum Gasteiger partial charge on any atom is -0.460 e. The molecule has 1 amide bonds. The Morgan fingerprint density at radius 2 is 1.87 bits per heavy atom. The van der Waals surface area contributed by atoms with Crippen molar-refractivity contribution in [1.82, 2.24) is 15.3 Å². The second kappa shape index (κ2) is 7.53. The van der Waals surface area contributed by atoms with Crippen LogP contribution in [0.2, 0.25) is 0 Å². The number of nitrogens with zero attached hydrogens (tertiary/aromatic N) is 2. The highest BCUT2D eigenvalue weighted by Gasteiger charge is 2.26. The first-order valence-electron chi connectivity index (χ1n) is 8.30. The molecule has 0 radical (unpaired) electrons. The molecular weight excluding hydrogens is 297 g/mol. The molecule has 0 saturated heterocycles. The van der Waals surface area contributed by atoms with E-state index in [0.29, 0.717) is 0 Å². The maximum absolute atomic E-state index is 12.8. The number of hydrogen-bond acceptors (Lipinski definition) is 4. The van der Waals surface area contributed by atoms with E-state index >= 15 is 0 Å². The summed E-state index contributed by atoms with van der Waals surface area (Å²) in [6.07, 6.45) is 12.7. The van der Waals surface area contributed by atoms with Crippen LogP contribution in [-0.2, 0) is 4.79 Å². The molecular formula is C17H22FN3O2. The van der Waals surface area contributed by atoms with Crippen LogP contribution in [0, 0.1) is 11.7 Å². The van der Waals surface area contributed by atoms with Crippen molar-refractivity contribution >= 4 is 5.91 Å². The first kappa shape index (κ1) is 15.9. The van der Waals surface area contributed by atoms with Gasteiger partial charge in [0.25, 0.3) is 0 Å². The third kappa shape index (κ3) is 4.50. The van der Waals surface area contributed by atoms with Gasteiger partial charge in [0.05, 0.1) is 12.4 Å². The van der Waals surface area contributed by atoms with E-state index in [1.54, 1.807) is 0 Å². The Balaban J connectivity index is 1.42. The predicted octanol–water partition coefficient (Wildman–Crippen LogP) is 2.78. The van der Waals surface area contributed by atoms with Crippen molar-refractivity contribution in [3.05, 3.63) is 30.4 Å². The van der Waals surface area contributed by atoms with Crippen LogP contribution in [0.4, 0.5) is 4.39 Å². The molecule has 0 aromatic carbocycles. The molecule has 6 heteroatoms. The highest BCUT2D eigenvalue weighted by molar-refractivity contribution is 5.79. The van der Waals surface area contributed by atoms with Crippen molar-refractivity contribution in [3.63, 3.8) is 0 Å². The molecule has 1 heterocycles. The summed E-state index contributed by atoms with van der Waals surface area (Å²) in [6.45, 7) is 0. The summed E-state index contributed by atoms with van der Waals surface area (Å²) in [4.78, 5) is 19.9. The lowest BCUT2D eigenvalue weighted by atomic mass is 9.90. The zero-order chi connectivity index (χ0) is 16.1. The van der Waals surface area contributed by atoms with Gasteiger partial charge in [0.2, 0.25) is 5.91 Å². The molecule has 1 atom stereocenters. The Morgan fingerprint density at radius 1 is 1.13 bits per heavy atom. The Bertz CT molecular complexity index is 553.